The van der Waals surface area contributed by atoms with Crippen LogP contribution in [0.5, 0.6) is 0 Å². The number of nitrogens with one attached hydrogen (secondary N) is 1. The van der Waals surface area contributed by atoms with Gasteiger partial charge in [0, 0.05) is 18.8 Å². The highest BCUT2D eigenvalue weighted by molar-refractivity contribution is 7.92. The molecule has 0 saturated carbocycles. The van der Waals surface area contributed by atoms with Crippen LogP contribution < -0.4 is 9.62 Å². The lowest BCUT2D eigenvalue weighted by Crippen LogP contribution is -2.38. The number of hydrogen-bond donors (Lipinski definition) is 1. The van der Waals surface area contributed by atoms with Crippen molar-refractivity contribution in [3.63, 3.8) is 0 Å². The van der Waals surface area contributed by atoms with Gasteiger partial charge in [-0.25, -0.2) is 16.8 Å². The van der Waals surface area contributed by atoms with Crippen LogP contribution in [0.3, 0.4) is 0 Å². The Balaban J connectivity index is 1.89. The molecule has 0 fully saturated rings. The summed E-state index contributed by atoms with van der Waals surface area (Å²) in [5.74, 6) is -0.562. The lowest BCUT2D eigenvalue weighted by atomic mass is 10.1. The Labute approximate surface area is 220 Å². The number of amides is 1. The van der Waals surface area contributed by atoms with Crippen molar-refractivity contribution in [3.05, 3.63) is 83.4 Å². The van der Waals surface area contributed by atoms with Crippen LogP contribution in [0.2, 0.25) is 0 Å². The first-order valence-electron chi connectivity index (χ1n) is 12.0. The normalized spacial score (nSPS) is 11.9. The van der Waals surface area contributed by atoms with Crippen molar-refractivity contribution >= 4 is 37.3 Å². The number of sulfonamides is 2. The van der Waals surface area contributed by atoms with Crippen molar-refractivity contribution in [2.45, 2.75) is 44.4 Å². The molecule has 0 spiro atoms. The molecule has 0 aliphatic rings. The first kappa shape index (κ1) is 28.4. The Morgan fingerprint density at radius 1 is 0.730 bits per heavy atom. The maximum atomic E-state index is 13.6. The van der Waals surface area contributed by atoms with Gasteiger partial charge in [-0.05, 0) is 80.4 Å². The molecular formula is C27H33N3O5S2. The van der Waals surface area contributed by atoms with Gasteiger partial charge in [-0.15, -0.1) is 0 Å². The van der Waals surface area contributed by atoms with Crippen molar-refractivity contribution in [1.82, 2.24) is 4.31 Å². The third-order valence-corrected chi connectivity index (χ3v) is 10.0. The Bertz CT molecular complexity index is 1460. The molecule has 0 unspecified atom stereocenters. The molecule has 8 nitrogen and oxygen atoms in total. The van der Waals surface area contributed by atoms with Crippen LogP contribution >= 0.6 is 0 Å². The number of carbonyl (C=O) groups is 1. The van der Waals surface area contributed by atoms with E-state index in [1.807, 2.05) is 26.8 Å². The fraction of sp³-hybridized carbons (Fsp3) is 0.296. The number of nitrogens with zero attached hydrogens (tertiary/aromatic N) is 2. The van der Waals surface area contributed by atoms with E-state index in [0.29, 0.717) is 24.5 Å². The molecule has 1 amide bonds. The maximum Gasteiger partial charge on any atom is 0.264 e. The molecule has 37 heavy (non-hydrogen) atoms. The topological polar surface area (TPSA) is 104 Å². The minimum absolute atomic E-state index is 0.0788. The molecule has 0 aliphatic carbocycles. The largest absolute Gasteiger partial charge is 0.325 e. The zero-order chi connectivity index (χ0) is 27.4. The predicted molar refractivity (Wildman–Crippen MR) is 147 cm³/mol. The van der Waals surface area contributed by atoms with Crippen LogP contribution in [-0.2, 0) is 24.8 Å². The van der Waals surface area contributed by atoms with E-state index in [1.54, 1.807) is 38.1 Å². The third-order valence-electron chi connectivity index (χ3n) is 6.16. The lowest BCUT2D eigenvalue weighted by molar-refractivity contribution is -0.114. The van der Waals surface area contributed by atoms with Gasteiger partial charge in [-0.2, -0.15) is 4.31 Å². The molecule has 0 radical (unpaired) electrons. The van der Waals surface area contributed by atoms with Crippen molar-refractivity contribution in [3.8, 4) is 0 Å². The minimum atomic E-state index is -4.04. The second-order valence-corrected chi connectivity index (χ2v) is 12.6. The molecule has 0 atom stereocenters. The van der Waals surface area contributed by atoms with Crippen molar-refractivity contribution in [2.24, 2.45) is 0 Å². The molecule has 0 bridgehead atoms. The highest BCUT2D eigenvalue weighted by Gasteiger charge is 2.28. The Kier molecular flexibility index (Phi) is 8.78. The molecule has 0 aromatic heterocycles. The van der Waals surface area contributed by atoms with E-state index in [2.05, 4.69) is 5.32 Å². The van der Waals surface area contributed by atoms with Crippen molar-refractivity contribution in [1.29, 1.82) is 0 Å². The van der Waals surface area contributed by atoms with Gasteiger partial charge in [-0.1, -0.05) is 37.6 Å². The third kappa shape index (κ3) is 6.38. The standard InChI is InChI=1S/C27H33N3O5S2/c1-6-29(7-2)36(32,33)25-16-11-23(12-17-25)28-27(31)19-30(24-13-10-21(4)22(5)18-24)37(34,35)26-14-8-20(3)9-15-26/h8-18H,6-7,19H2,1-5H3,(H,28,31). The van der Waals surface area contributed by atoms with Gasteiger partial charge in [0.2, 0.25) is 15.9 Å². The molecule has 198 valence electrons. The summed E-state index contributed by atoms with van der Waals surface area (Å²) in [6, 6.07) is 17.5. The van der Waals surface area contributed by atoms with Gasteiger partial charge in [0.1, 0.15) is 6.54 Å². The molecule has 0 saturated heterocycles. The van der Waals surface area contributed by atoms with E-state index in [-0.39, 0.29) is 9.79 Å². The fourth-order valence-electron chi connectivity index (χ4n) is 3.79. The van der Waals surface area contributed by atoms with Crippen molar-refractivity contribution in [2.75, 3.05) is 29.3 Å². The van der Waals surface area contributed by atoms with Crippen LogP contribution in [-0.4, -0.2) is 46.7 Å². The van der Waals surface area contributed by atoms with E-state index < -0.39 is 32.5 Å². The average molecular weight is 544 g/mol. The molecule has 10 heteroatoms. The summed E-state index contributed by atoms with van der Waals surface area (Å²) < 4.78 is 55.0. The van der Waals surface area contributed by atoms with Gasteiger partial charge >= 0.3 is 0 Å². The first-order chi connectivity index (χ1) is 17.4. The van der Waals surface area contributed by atoms with E-state index in [0.717, 1.165) is 21.0 Å². The van der Waals surface area contributed by atoms with Gasteiger partial charge < -0.3 is 5.32 Å². The number of anilines is 2. The van der Waals surface area contributed by atoms with E-state index in [9.17, 15) is 21.6 Å². The maximum absolute atomic E-state index is 13.6. The van der Waals surface area contributed by atoms with E-state index >= 15 is 0 Å². The number of aryl methyl sites for hydroxylation is 3. The van der Waals surface area contributed by atoms with Crippen molar-refractivity contribution < 1.29 is 21.6 Å². The highest BCUT2D eigenvalue weighted by atomic mass is 32.2. The molecule has 0 heterocycles. The summed E-state index contributed by atoms with van der Waals surface area (Å²) in [6.45, 7) is 9.44. The van der Waals surface area contributed by atoms with E-state index in [4.69, 9.17) is 0 Å². The van der Waals surface area contributed by atoms with Crippen LogP contribution in [0.15, 0.2) is 76.5 Å². The average Bonchev–Trinajstić information content (AvgIpc) is 2.85. The monoisotopic (exact) mass is 543 g/mol. The molecule has 0 aliphatic heterocycles. The summed E-state index contributed by atoms with van der Waals surface area (Å²) in [6.07, 6.45) is 0. The lowest BCUT2D eigenvalue weighted by Gasteiger charge is -2.25. The van der Waals surface area contributed by atoms with Crippen LogP contribution in [0.25, 0.3) is 0 Å². The van der Waals surface area contributed by atoms with Gasteiger partial charge in [0.15, 0.2) is 0 Å². The first-order valence-corrected chi connectivity index (χ1v) is 14.8. The van der Waals surface area contributed by atoms with Crippen LogP contribution in [0.1, 0.15) is 30.5 Å². The predicted octanol–water partition coefficient (Wildman–Crippen LogP) is 4.48. The Morgan fingerprint density at radius 3 is 1.81 bits per heavy atom. The quantitative estimate of drug-likeness (QED) is 0.406. The van der Waals surface area contributed by atoms with Crippen LogP contribution in [0.4, 0.5) is 11.4 Å². The smallest absolute Gasteiger partial charge is 0.264 e. The summed E-state index contributed by atoms with van der Waals surface area (Å²) >= 11 is 0. The minimum Gasteiger partial charge on any atom is -0.325 e. The Hall–Kier alpha value is -3.21. The van der Waals surface area contributed by atoms with E-state index in [1.165, 1.54) is 40.7 Å². The van der Waals surface area contributed by atoms with Crippen LogP contribution in [0, 0.1) is 20.8 Å². The summed E-state index contributed by atoms with van der Waals surface area (Å²) in [7, 11) is -7.67. The molecule has 3 aromatic carbocycles. The highest BCUT2D eigenvalue weighted by Crippen LogP contribution is 2.26. The zero-order valence-corrected chi connectivity index (χ0v) is 23.4. The summed E-state index contributed by atoms with van der Waals surface area (Å²) in [5, 5.41) is 2.68. The fourth-order valence-corrected chi connectivity index (χ4v) is 6.66. The number of hydrogen-bond acceptors (Lipinski definition) is 5. The molecular weight excluding hydrogens is 510 g/mol. The number of rotatable bonds is 10. The number of benzene rings is 3. The van der Waals surface area contributed by atoms with Gasteiger partial charge in [0.05, 0.1) is 15.5 Å². The SMILES string of the molecule is CCN(CC)S(=O)(=O)c1ccc(NC(=O)CN(c2ccc(C)c(C)c2)S(=O)(=O)c2ccc(C)cc2)cc1. The summed E-state index contributed by atoms with van der Waals surface area (Å²) in [4.78, 5) is 13.2. The molecule has 3 rings (SSSR count). The Morgan fingerprint density at radius 2 is 1.27 bits per heavy atom. The molecule has 1 N–H and O–H groups in total. The summed E-state index contributed by atoms with van der Waals surface area (Å²) in [5.41, 5.74) is 3.55. The second-order valence-electron chi connectivity index (χ2n) is 8.76. The number of carbonyl (C=O) groups excluding carboxylic acids is 1. The van der Waals surface area contributed by atoms with Gasteiger partial charge in [-0.3, -0.25) is 9.10 Å². The van der Waals surface area contributed by atoms with Gasteiger partial charge in [0.25, 0.3) is 10.0 Å². The second kappa shape index (κ2) is 11.5. The zero-order valence-electron chi connectivity index (χ0n) is 21.7. The molecule has 3 aromatic rings.